The number of carbonyl (C=O) groups is 1. The normalized spacial score (nSPS) is 17.7. The molecule has 0 spiro atoms. The van der Waals surface area contributed by atoms with Gasteiger partial charge in [0.15, 0.2) is 0 Å². The van der Waals surface area contributed by atoms with E-state index in [4.69, 9.17) is 16.3 Å². The van der Waals surface area contributed by atoms with Gasteiger partial charge in [-0.25, -0.2) is 4.79 Å². The van der Waals surface area contributed by atoms with E-state index in [1.807, 2.05) is 37.1 Å². The van der Waals surface area contributed by atoms with E-state index >= 15 is 0 Å². The number of amides is 1. The van der Waals surface area contributed by atoms with Gasteiger partial charge in [-0.15, -0.1) is 0 Å². The third kappa shape index (κ3) is 4.44. The fourth-order valence-electron chi connectivity index (χ4n) is 3.15. The molecule has 1 unspecified atom stereocenters. The van der Waals surface area contributed by atoms with Crippen LogP contribution in [0, 0.1) is 5.92 Å². The summed E-state index contributed by atoms with van der Waals surface area (Å²) in [7, 11) is 1.91. The number of anilines is 1. The van der Waals surface area contributed by atoms with Crippen molar-refractivity contribution in [3.63, 3.8) is 0 Å². The van der Waals surface area contributed by atoms with Crippen LogP contribution in [-0.2, 0) is 4.74 Å². The third-order valence-electron chi connectivity index (χ3n) is 4.23. The molecule has 24 heavy (non-hydrogen) atoms. The van der Waals surface area contributed by atoms with Gasteiger partial charge in [0.1, 0.15) is 0 Å². The Hall–Kier alpha value is -1.68. The average Bonchev–Trinajstić information content (AvgIpc) is 2.54. The number of carbonyl (C=O) groups excluding carboxylic acids is 1. The number of ether oxygens (including phenoxy) is 1. The standard InChI is InChI=1S/C19H27ClN2O2/c1-5-24-19(23)22-9-8-14(11-16(22)10-13(2)3)17-12-15(20)6-7-18(17)21-4/h6-7,11-13,16,21H,5,8-10H2,1-4H3. The molecule has 1 atom stereocenters. The summed E-state index contributed by atoms with van der Waals surface area (Å²) in [4.78, 5) is 14.1. The smallest absolute Gasteiger partial charge is 0.410 e. The van der Waals surface area contributed by atoms with E-state index in [0.29, 0.717) is 19.1 Å². The summed E-state index contributed by atoms with van der Waals surface area (Å²) in [5.74, 6) is 0.491. The summed E-state index contributed by atoms with van der Waals surface area (Å²) in [6, 6.07) is 5.92. The largest absolute Gasteiger partial charge is 0.450 e. The van der Waals surface area contributed by atoms with Crippen LogP contribution in [-0.4, -0.2) is 37.2 Å². The lowest BCUT2D eigenvalue weighted by atomic mass is 9.91. The van der Waals surface area contributed by atoms with Crippen molar-refractivity contribution in [2.45, 2.75) is 39.7 Å². The molecule has 2 rings (SSSR count). The zero-order valence-corrected chi connectivity index (χ0v) is 15.7. The molecule has 0 aromatic heterocycles. The Morgan fingerprint density at radius 2 is 2.21 bits per heavy atom. The molecule has 4 nitrogen and oxygen atoms in total. The zero-order chi connectivity index (χ0) is 17.7. The maximum atomic E-state index is 12.3. The first-order chi connectivity index (χ1) is 11.5. The summed E-state index contributed by atoms with van der Waals surface area (Å²) in [5.41, 5.74) is 3.40. The van der Waals surface area contributed by atoms with Crippen LogP contribution in [0.25, 0.3) is 5.57 Å². The van der Waals surface area contributed by atoms with Crippen LogP contribution in [0.1, 0.15) is 39.2 Å². The molecule has 1 N–H and O–H groups in total. The quantitative estimate of drug-likeness (QED) is 0.808. The topological polar surface area (TPSA) is 41.6 Å². The summed E-state index contributed by atoms with van der Waals surface area (Å²) in [6.45, 7) is 7.25. The van der Waals surface area contributed by atoms with E-state index < -0.39 is 0 Å². The minimum atomic E-state index is -0.224. The Labute approximate surface area is 149 Å². The average molecular weight is 351 g/mol. The fraction of sp³-hybridized carbons (Fsp3) is 0.526. The van der Waals surface area contributed by atoms with Crippen molar-refractivity contribution < 1.29 is 9.53 Å². The first kappa shape index (κ1) is 18.7. The molecule has 1 aromatic carbocycles. The summed E-state index contributed by atoms with van der Waals surface area (Å²) in [6.07, 6.45) is 3.69. The van der Waals surface area contributed by atoms with E-state index in [1.54, 1.807) is 0 Å². The SMILES string of the molecule is CCOC(=O)N1CCC(c2cc(Cl)ccc2NC)=CC1CC(C)C. The molecule has 1 amide bonds. The van der Waals surface area contributed by atoms with Gasteiger partial charge in [0.2, 0.25) is 0 Å². The first-order valence-corrected chi connectivity index (χ1v) is 8.95. The van der Waals surface area contributed by atoms with Crippen LogP contribution in [0.5, 0.6) is 0 Å². The minimum absolute atomic E-state index is 0.0523. The Kier molecular flexibility index (Phi) is 6.55. The summed E-state index contributed by atoms with van der Waals surface area (Å²) in [5, 5.41) is 3.95. The predicted molar refractivity (Wildman–Crippen MR) is 101 cm³/mol. The molecule has 0 saturated carbocycles. The number of halogens is 1. The molecule has 132 valence electrons. The predicted octanol–water partition coefficient (Wildman–Crippen LogP) is 5.04. The van der Waals surface area contributed by atoms with E-state index in [-0.39, 0.29) is 12.1 Å². The van der Waals surface area contributed by atoms with Crippen molar-refractivity contribution in [2.24, 2.45) is 5.92 Å². The van der Waals surface area contributed by atoms with Crippen LogP contribution in [0.3, 0.4) is 0 Å². The maximum Gasteiger partial charge on any atom is 0.410 e. The lowest BCUT2D eigenvalue weighted by molar-refractivity contribution is 0.0932. The van der Waals surface area contributed by atoms with Crippen LogP contribution in [0.4, 0.5) is 10.5 Å². The molecule has 5 heteroatoms. The second kappa shape index (κ2) is 8.43. The number of nitrogens with zero attached hydrogens (tertiary/aromatic N) is 1. The highest BCUT2D eigenvalue weighted by Crippen LogP contribution is 2.34. The first-order valence-electron chi connectivity index (χ1n) is 8.58. The van der Waals surface area contributed by atoms with Crippen molar-refractivity contribution in [1.82, 2.24) is 4.90 Å². The molecule has 0 aliphatic carbocycles. The van der Waals surface area contributed by atoms with E-state index in [0.717, 1.165) is 29.1 Å². The van der Waals surface area contributed by atoms with E-state index in [9.17, 15) is 4.79 Å². The monoisotopic (exact) mass is 350 g/mol. The Bertz CT molecular complexity index is 613. The highest BCUT2D eigenvalue weighted by atomic mass is 35.5. The van der Waals surface area contributed by atoms with Gasteiger partial charge in [-0.2, -0.15) is 0 Å². The molecule has 0 radical (unpaired) electrons. The van der Waals surface area contributed by atoms with Crippen molar-refractivity contribution in [2.75, 3.05) is 25.5 Å². The molecular weight excluding hydrogens is 324 g/mol. The van der Waals surface area contributed by atoms with Crippen LogP contribution in [0.2, 0.25) is 5.02 Å². The van der Waals surface area contributed by atoms with Gasteiger partial charge in [0.05, 0.1) is 12.6 Å². The van der Waals surface area contributed by atoms with Gasteiger partial charge in [0.25, 0.3) is 0 Å². The van der Waals surface area contributed by atoms with Crippen molar-refractivity contribution in [1.29, 1.82) is 0 Å². The van der Waals surface area contributed by atoms with Crippen LogP contribution >= 0.6 is 11.6 Å². The number of nitrogens with one attached hydrogen (secondary N) is 1. The molecular formula is C19H27ClN2O2. The number of hydrogen-bond donors (Lipinski definition) is 1. The zero-order valence-electron chi connectivity index (χ0n) is 14.9. The number of hydrogen-bond acceptors (Lipinski definition) is 3. The van der Waals surface area contributed by atoms with Gasteiger partial charge < -0.3 is 15.0 Å². The molecule has 1 aliphatic rings. The van der Waals surface area contributed by atoms with Gasteiger partial charge in [-0.05, 0) is 49.5 Å². The Morgan fingerprint density at radius 1 is 1.46 bits per heavy atom. The number of rotatable bonds is 5. The molecule has 1 heterocycles. The fourth-order valence-corrected chi connectivity index (χ4v) is 3.32. The second-order valence-corrected chi connectivity index (χ2v) is 6.91. The van der Waals surface area contributed by atoms with Gasteiger partial charge >= 0.3 is 6.09 Å². The Balaban J connectivity index is 2.35. The second-order valence-electron chi connectivity index (χ2n) is 6.47. The van der Waals surface area contributed by atoms with E-state index in [2.05, 4.69) is 25.2 Å². The van der Waals surface area contributed by atoms with Crippen molar-refractivity contribution in [3.8, 4) is 0 Å². The summed E-state index contributed by atoms with van der Waals surface area (Å²) < 4.78 is 5.22. The minimum Gasteiger partial charge on any atom is -0.450 e. The van der Waals surface area contributed by atoms with Crippen LogP contribution < -0.4 is 5.32 Å². The van der Waals surface area contributed by atoms with Gasteiger partial charge in [0, 0.05) is 29.9 Å². The van der Waals surface area contributed by atoms with E-state index in [1.165, 1.54) is 5.57 Å². The lowest BCUT2D eigenvalue weighted by Gasteiger charge is -2.35. The molecule has 0 bridgehead atoms. The molecule has 1 aliphatic heterocycles. The lowest BCUT2D eigenvalue weighted by Crippen LogP contribution is -2.43. The molecule has 0 saturated heterocycles. The Morgan fingerprint density at radius 3 is 2.83 bits per heavy atom. The van der Waals surface area contributed by atoms with Crippen LogP contribution in [0.15, 0.2) is 24.3 Å². The van der Waals surface area contributed by atoms with Crippen molar-refractivity contribution >= 4 is 29.0 Å². The molecule has 1 aromatic rings. The van der Waals surface area contributed by atoms with Gasteiger partial charge in [-0.3, -0.25) is 0 Å². The van der Waals surface area contributed by atoms with Gasteiger partial charge in [-0.1, -0.05) is 31.5 Å². The number of benzene rings is 1. The highest BCUT2D eigenvalue weighted by Gasteiger charge is 2.28. The third-order valence-corrected chi connectivity index (χ3v) is 4.46. The highest BCUT2D eigenvalue weighted by molar-refractivity contribution is 6.30. The molecule has 0 fully saturated rings. The summed E-state index contributed by atoms with van der Waals surface area (Å²) >= 11 is 6.19. The maximum absolute atomic E-state index is 12.3. The van der Waals surface area contributed by atoms with Crippen molar-refractivity contribution in [3.05, 3.63) is 34.9 Å².